The lowest BCUT2D eigenvalue weighted by molar-refractivity contribution is -0.137. The summed E-state index contributed by atoms with van der Waals surface area (Å²) in [4.78, 5) is 17.0. The first-order valence-corrected chi connectivity index (χ1v) is 11.9. The molecule has 0 bridgehead atoms. The zero-order valence-electron chi connectivity index (χ0n) is 20.4. The third-order valence-electron chi connectivity index (χ3n) is 6.09. The van der Waals surface area contributed by atoms with E-state index in [1.54, 1.807) is 4.90 Å². The maximum absolute atomic E-state index is 13.2. The van der Waals surface area contributed by atoms with E-state index in [0.717, 1.165) is 43.3 Å². The summed E-state index contributed by atoms with van der Waals surface area (Å²) in [6, 6.07) is 9.97. The molecule has 0 aromatic heterocycles. The lowest BCUT2D eigenvalue weighted by atomic mass is 10.0. The molecule has 1 heterocycles. The van der Waals surface area contributed by atoms with Crippen molar-refractivity contribution in [2.24, 2.45) is 5.92 Å². The number of carbonyl (C=O) groups excluding carboxylic acids is 1. The van der Waals surface area contributed by atoms with Crippen LogP contribution in [0.5, 0.6) is 11.5 Å². The van der Waals surface area contributed by atoms with Crippen molar-refractivity contribution in [3.8, 4) is 11.5 Å². The van der Waals surface area contributed by atoms with Gasteiger partial charge in [-0.05, 0) is 68.7 Å². The minimum absolute atomic E-state index is 0.0200. The van der Waals surface area contributed by atoms with E-state index in [2.05, 4.69) is 24.1 Å². The number of carbonyl (C=O) groups is 1. The zero-order valence-corrected chi connectivity index (χ0v) is 20.4. The number of nitrogens with zero attached hydrogens (tertiary/aromatic N) is 2. The Morgan fingerprint density at radius 1 is 1.17 bits per heavy atom. The highest BCUT2D eigenvalue weighted by Crippen LogP contribution is 2.33. The van der Waals surface area contributed by atoms with Crippen LogP contribution in [0.3, 0.4) is 0 Å². The number of halogens is 3. The van der Waals surface area contributed by atoms with Crippen molar-refractivity contribution < 1.29 is 27.8 Å². The van der Waals surface area contributed by atoms with Gasteiger partial charge in [-0.1, -0.05) is 32.0 Å². The van der Waals surface area contributed by atoms with Crippen LogP contribution in [0.15, 0.2) is 42.5 Å². The van der Waals surface area contributed by atoms with Gasteiger partial charge in [-0.2, -0.15) is 13.2 Å². The van der Waals surface area contributed by atoms with Crippen LogP contribution in [-0.4, -0.2) is 53.7 Å². The van der Waals surface area contributed by atoms with Gasteiger partial charge in [0.05, 0.1) is 18.7 Å². The molecule has 0 radical (unpaired) electrons. The Bertz CT molecular complexity index is 972. The minimum Gasteiger partial charge on any atom is -0.508 e. The topological polar surface area (TPSA) is 65.0 Å². The maximum Gasteiger partial charge on any atom is 0.416 e. The number of amides is 2. The van der Waals surface area contributed by atoms with Gasteiger partial charge in [0.15, 0.2) is 0 Å². The van der Waals surface area contributed by atoms with Crippen molar-refractivity contribution in [1.29, 1.82) is 0 Å². The number of phenols is 1. The molecule has 0 spiro atoms. The fraction of sp³-hybridized carbons (Fsp3) is 0.500. The molecule has 9 heteroatoms. The number of urea groups is 1. The van der Waals surface area contributed by atoms with Crippen molar-refractivity contribution >= 4 is 6.03 Å². The zero-order chi connectivity index (χ0) is 25.6. The van der Waals surface area contributed by atoms with Gasteiger partial charge in [-0.15, -0.1) is 0 Å². The molecule has 0 saturated carbocycles. The minimum atomic E-state index is -4.55. The number of alkyl halides is 3. The van der Waals surface area contributed by atoms with Crippen LogP contribution >= 0.6 is 0 Å². The van der Waals surface area contributed by atoms with E-state index in [1.807, 2.05) is 31.3 Å². The summed E-state index contributed by atoms with van der Waals surface area (Å²) >= 11 is 0. The predicted molar refractivity (Wildman–Crippen MR) is 128 cm³/mol. The molecule has 0 atom stereocenters. The number of piperidine rings is 1. The molecule has 2 aromatic rings. The average Bonchev–Trinajstić information content (AvgIpc) is 2.81. The number of hydrogen-bond donors (Lipinski definition) is 2. The summed E-state index contributed by atoms with van der Waals surface area (Å²) < 4.78 is 44.6. The number of likely N-dealkylation sites (tertiary alicyclic amines) is 1. The Hall–Kier alpha value is -2.94. The van der Waals surface area contributed by atoms with Crippen LogP contribution in [0.4, 0.5) is 18.0 Å². The molecule has 0 aliphatic carbocycles. The molecule has 1 aliphatic rings. The van der Waals surface area contributed by atoms with Gasteiger partial charge in [0.25, 0.3) is 0 Å². The number of aromatic hydroxyl groups is 1. The van der Waals surface area contributed by atoms with E-state index < -0.39 is 17.5 Å². The van der Waals surface area contributed by atoms with Crippen molar-refractivity contribution in [1.82, 2.24) is 15.1 Å². The van der Waals surface area contributed by atoms with Crippen molar-refractivity contribution in [3.05, 3.63) is 59.2 Å². The molecule has 1 saturated heterocycles. The molecule has 2 aromatic carbocycles. The van der Waals surface area contributed by atoms with Crippen LogP contribution < -0.4 is 10.1 Å². The molecule has 2 N–H and O–H groups in total. The smallest absolute Gasteiger partial charge is 0.416 e. The number of benzene rings is 2. The number of phenolic OH excluding ortho intramolecular Hbond substituents is 1. The highest BCUT2D eigenvalue weighted by atomic mass is 19.4. The molecule has 35 heavy (non-hydrogen) atoms. The van der Waals surface area contributed by atoms with Gasteiger partial charge in [0.2, 0.25) is 0 Å². The number of ether oxygens (including phenoxy) is 1. The molecule has 192 valence electrons. The molecule has 1 aliphatic heterocycles. The summed E-state index contributed by atoms with van der Waals surface area (Å²) in [5, 5.41) is 13.2. The molecule has 1 fully saturated rings. The van der Waals surface area contributed by atoms with Crippen LogP contribution in [0.1, 0.15) is 43.4 Å². The van der Waals surface area contributed by atoms with Gasteiger partial charge in [0.1, 0.15) is 11.5 Å². The van der Waals surface area contributed by atoms with E-state index in [-0.39, 0.29) is 24.2 Å². The van der Waals surface area contributed by atoms with Crippen LogP contribution in [-0.2, 0) is 19.3 Å². The summed E-state index contributed by atoms with van der Waals surface area (Å²) in [6.07, 6.45) is -3.06. The van der Waals surface area contributed by atoms with E-state index in [0.29, 0.717) is 25.1 Å². The van der Waals surface area contributed by atoms with Gasteiger partial charge in [0, 0.05) is 18.2 Å². The van der Waals surface area contributed by atoms with E-state index in [1.165, 1.54) is 6.07 Å². The summed E-state index contributed by atoms with van der Waals surface area (Å²) in [5.41, 5.74) is 0.254. The Balaban J connectivity index is 1.69. The highest BCUT2D eigenvalue weighted by Gasteiger charge is 2.32. The average molecular weight is 494 g/mol. The van der Waals surface area contributed by atoms with Gasteiger partial charge in [-0.25, -0.2) is 4.79 Å². The first kappa shape index (κ1) is 26.7. The molecule has 3 rings (SSSR count). The SMILES string of the molecule is CC(C)COc1ccc(CNC(=O)N(Cc2ccc(C(F)(F)F)cc2O)C2CCN(C)CC2)cc1. The molecule has 2 amide bonds. The number of hydrogen-bond acceptors (Lipinski definition) is 4. The van der Waals surface area contributed by atoms with Crippen LogP contribution in [0, 0.1) is 5.92 Å². The maximum atomic E-state index is 13.2. The fourth-order valence-electron chi connectivity index (χ4n) is 3.98. The van der Waals surface area contributed by atoms with Crippen molar-refractivity contribution in [2.75, 3.05) is 26.7 Å². The van der Waals surface area contributed by atoms with Crippen LogP contribution in [0.2, 0.25) is 0 Å². The number of nitrogens with one attached hydrogen (secondary N) is 1. The van der Waals surface area contributed by atoms with Gasteiger partial charge < -0.3 is 25.0 Å². The molecular weight excluding hydrogens is 459 g/mol. The van der Waals surface area contributed by atoms with Gasteiger partial charge in [-0.3, -0.25) is 0 Å². The summed E-state index contributed by atoms with van der Waals surface area (Å²) in [7, 11) is 2.01. The lowest BCUT2D eigenvalue weighted by Gasteiger charge is -2.37. The number of rotatable bonds is 8. The molecule has 0 unspecified atom stereocenters. The van der Waals surface area contributed by atoms with E-state index >= 15 is 0 Å². The monoisotopic (exact) mass is 493 g/mol. The van der Waals surface area contributed by atoms with Crippen molar-refractivity contribution in [2.45, 2.75) is 52.0 Å². The Labute approximate surface area is 204 Å². The molecular formula is C26H34F3N3O3. The lowest BCUT2D eigenvalue weighted by Crippen LogP contribution is -2.49. The van der Waals surface area contributed by atoms with E-state index in [9.17, 15) is 23.1 Å². The summed E-state index contributed by atoms with van der Waals surface area (Å²) in [5.74, 6) is 0.714. The Morgan fingerprint density at radius 2 is 1.83 bits per heavy atom. The second kappa shape index (κ2) is 11.7. The Kier molecular flexibility index (Phi) is 8.88. The largest absolute Gasteiger partial charge is 0.508 e. The fourth-order valence-corrected chi connectivity index (χ4v) is 3.98. The first-order valence-electron chi connectivity index (χ1n) is 11.9. The first-order chi connectivity index (χ1) is 16.5. The highest BCUT2D eigenvalue weighted by molar-refractivity contribution is 5.74. The Morgan fingerprint density at radius 3 is 2.40 bits per heavy atom. The van der Waals surface area contributed by atoms with Crippen molar-refractivity contribution in [3.63, 3.8) is 0 Å². The third-order valence-corrected chi connectivity index (χ3v) is 6.09. The third kappa shape index (κ3) is 7.78. The van der Waals surface area contributed by atoms with E-state index in [4.69, 9.17) is 4.74 Å². The predicted octanol–water partition coefficient (Wildman–Crippen LogP) is 5.25. The standard InChI is InChI=1S/C26H34F3N3O3/c1-18(2)17-35-23-8-4-19(5-9-23)15-30-25(34)32(22-10-12-31(3)13-11-22)16-20-6-7-21(14-24(20)33)26(27,28)29/h4-9,14,18,22,33H,10-13,15-17H2,1-3H3,(H,30,34). The second-order valence-electron chi connectivity index (χ2n) is 9.51. The molecule has 6 nitrogen and oxygen atoms in total. The normalized spacial score (nSPS) is 15.3. The van der Waals surface area contributed by atoms with Crippen LogP contribution in [0.25, 0.3) is 0 Å². The summed E-state index contributed by atoms with van der Waals surface area (Å²) in [6.45, 7) is 6.71. The van der Waals surface area contributed by atoms with Gasteiger partial charge >= 0.3 is 12.2 Å². The quantitative estimate of drug-likeness (QED) is 0.527. The second-order valence-corrected chi connectivity index (χ2v) is 9.51.